The van der Waals surface area contributed by atoms with Crippen LogP contribution in [-0.4, -0.2) is 35.9 Å². The maximum absolute atomic E-state index is 13.2. The number of amides is 2. The second kappa shape index (κ2) is 11.8. The molecule has 0 unspecified atom stereocenters. The van der Waals surface area contributed by atoms with Gasteiger partial charge in [0.25, 0.3) is 5.91 Å². The number of benzene rings is 2. The third-order valence-corrected chi connectivity index (χ3v) is 5.74. The Balaban J connectivity index is 2.23. The van der Waals surface area contributed by atoms with Gasteiger partial charge in [0.15, 0.2) is 6.61 Å². The lowest BCUT2D eigenvalue weighted by Gasteiger charge is -2.30. The SMILES string of the molecule is CCCNC(=O)[C@@H](CC)N(Cc1cccc(C)c1)C(=O)COc1cc(C)c(Cl)c(C)c1. The zero-order valence-corrected chi connectivity index (χ0v) is 19.9. The zero-order chi connectivity index (χ0) is 23.0. The summed E-state index contributed by atoms with van der Waals surface area (Å²) in [4.78, 5) is 27.6. The lowest BCUT2D eigenvalue weighted by atomic mass is 10.1. The van der Waals surface area contributed by atoms with Crippen LogP contribution in [0, 0.1) is 20.8 Å². The molecule has 6 heteroatoms. The van der Waals surface area contributed by atoms with Crippen LogP contribution in [-0.2, 0) is 16.1 Å². The van der Waals surface area contributed by atoms with Crippen molar-refractivity contribution in [3.63, 3.8) is 0 Å². The monoisotopic (exact) mass is 444 g/mol. The van der Waals surface area contributed by atoms with E-state index >= 15 is 0 Å². The van der Waals surface area contributed by atoms with E-state index in [4.69, 9.17) is 16.3 Å². The van der Waals surface area contributed by atoms with Crippen LogP contribution in [0.3, 0.4) is 0 Å². The highest BCUT2D eigenvalue weighted by molar-refractivity contribution is 6.32. The van der Waals surface area contributed by atoms with Crippen LogP contribution in [0.25, 0.3) is 0 Å². The number of hydrogen-bond donors (Lipinski definition) is 1. The third-order valence-electron chi connectivity index (χ3n) is 5.14. The van der Waals surface area contributed by atoms with E-state index < -0.39 is 6.04 Å². The average molecular weight is 445 g/mol. The Bertz CT molecular complexity index is 890. The molecule has 0 heterocycles. The number of aryl methyl sites for hydroxylation is 3. The van der Waals surface area contributed by atoms with Crippen molar-refractivity contribution < 1.29 is 14.3 Å². The average Bonchev–Trinajstić information content (AvgIpc) is 2.74. The van der Waals surface area contributed by atoms with Crippen molar-refractivity contribution in [1.82, 2.24) is 10.2 Å². The van der Waals surface area contributed by atoms with Crippen molar-refractivity contribution in [3.05, 3.63) is 63.7 Å². The number of hydrogen-bond acceptors (Lipinski definition) is 3. The van der Waals surface area contributed by atoms with Crippen LogP contribution in [0.2, 0.25) is 5.02 Å². The Labute approximate surface area is 190 Å². The minimum absolute atomic E-state index is 0.136. The zero-order valence-electron chi connectivity index (χ0n) is 19.1. The van der Waals surface area contributed by atoms with E-state index in [9.17, 15) is 9.59 Å². The molecule has 0 aliphatic rings. The predicted octanol–water partition coefficient (Wildman–Crippen LogP) is 4.98. The van der Waals surface area contributed by atoms with Crippen LogP contribution in [0.5, 0.6) is 5.75 Å². The molecular weight excluding hydrogens is 412 g/mol. The lowest BCUT2D eigenvalue weighted by molar-refractivity contribution is -0.143. The smallest absolute Gasteiger partial charge is 0.261 e. The minimum atomic E-state index is -0.558. The first kappa shape index (κ1) is 24.7. The van der Waals surface area contributed by atoms with Gasteiger partial charge < -0.3 is 15.0 Å². The second-order valence-electron chi connectivity index (χ2n) is 7.89. The molecule has 0 aliphatic carbocycles. The van der Waals surface area contributed by atoms with Crippen molar-refractivity contribution in [1.29, 1.82) is 0 Å². The number of nitrogens with zero attached hydrogens (tertiary/aromatic N) is 1. The summed E-state index contributed by atoms with van der Waals surface area (Å²) in [5.74, 6) is 0.223. The molecule has 0 spiro atoms. The van der Waals surface area contributed by atoms with Crippen molar-refractivity contribution in [2.75, 3.05) is 13.2 Å². The van der Waals surface area contributed by atoms with Crippen LogP contribution < -0.4 is 10.1 Å². The van der Waals surface area contributed by atoms with Crippen LogP contribution >= 0.6 is 11.6 Å². The maximum atomic E-state index is 13.2. The van der Waals surface area contributed by atoms with E-state index in [2.05, 4.69) is 5.32 Å². The van der Waals surface area contributed by atoms with Gasteiger partial charge in [0.1, 0.15) is 11.8 Å². The highest BCUT2D eigenvalue weighted by Gasteiger charge is 2.28. The Kier molecular flexibility index (Phi) is 9.38. The van der Waals surface area contributed by atoms with Crippen LogP contribution in [0.15, 0.2) is 36.4 Å². The number of carbonyl (C=O) groups excluding carboxylic acids is 2. The highest BCUT2D eigenvalue weighted by atomic mass is 35.5. The summed E-state index contributed by atoms with van der Waals surface area (Å²) < 4.78 is 5.80. The normalized spacial score (nSPS) is 11.7. The predicted molar refractivity (Wildman–Crippen MR) is 126 cm³/mol. The minimum Gasteiger partial charge on any atom is -0.484 e. The molecule has 2 rings (SSSR count). The Morgan fingerprint density at radius 3 is 2.35 bits per heavy atom. The fraction of sp³-hybridized carbons (Fsp3) is 0.440. The molecule has 0 fully saturated rings. The lowest BCUT2D eigenvalue weighted by Crippen LogP contribution is -2.50. The fourth-order valence-corrected chi connectivity index (χ4v) is 3.62. The molecule has 0 saturated carbocycles. The van der Waals surface area contributed by atoms with Gasteiger partial charge in [0.2, 0.25) is 5.91 Å². The number of rotatable bonds is 10. The van der Waals surface area contributed by atoms with E-state index in [1.54, 1.807) is 4.90 Å². The molecule has 2 aromatic carbocycles. The van der Waals surface area contributed by atoms with Crippen molar-refractivity contribution >= 4 is 23.4 Å². The quantitative estimate of drug-likeness (QED) is 0.562. The first-order chi connectivity index (χ1) is 14.8. The first-order valence-corrected chi connectivity index (χ1v) is 11.2. The van der Waals surface area contributed by atoms with Gasteiger partial charge in [-0.25, -0.2) is 0 Å². The molecule has 5 nitrogen and oxygen atoms in total. The van der Waals surface area contributed by atoms with E-state index in [1.165, 1.54) is 0 Å². The van der Waals surface area contributed by atoms with Gasteiger partial charge in [-0.05, 0) is 62.4 Å². The number of nitrogens with one attached hydrogen (secondary N) is 1. The summed E-state index contributed by atoms with van der Waals surface area (Å²) in [6.07, 6.45) is 1.36. The van der Waals surface area contributed by atoms with Crippen LogP contribution in [0.1, 0.15) is 48.9 Å². The third kappa shape index (κ3) is 7.00. The van der Waals surface area contributed by atoms with E-state index in [-0.39, 0.29) is 18.4 Å². The summed E-state index contributed by atoms with van der Waals surface area (Å²) in [5.41, 5.74) is 3.88. The molecular formula is C25H33ClN2O3. The molecule has 0 radical (unpaired) electrons. The Morgan fingerprint density at radius 2 is 1.77 bits per heavy atom. The topological polar surface area (TPSA) is 58.6 Å². The molecule has 0 bridgehead atoms. The molecule has 1 atom stereocenters. The second-order valence-corrected chi connectivity index (χ2v) is 8.26. The molecule has 168 valence electrons. The van der Waals surface area contributed by atoms with Crippen molar-refractivity contribution in [3.8, 4) is 5.75 Å². The van der Waals surface area contributed by atoms with Crippen LogP contribution in [0.4, 0.5) is 0 Å². The van der Waals surface area contributed by atoms with E-state index in [1.807, 2.05) is 71.0 Å². The molecule has 0 saturated heterocycles. The Hall–Kier alpha value is -2.53. The molecule has 2 amide bonds. The summed E-state index contributed by atoms with van der Waals surface area (Å²) in [5, 5.41) is 3.62. The first-order valence-electron chi connectivity index (χ1n) is 10.8. The summed E-state index contributed by atoms with van der Waals surface area (Å²) in [6, 6.07) is 11.0. The van der Waals surface area contributed by atoms with Crippen molar-refractivity contribution in [2.24, 2.45) is 0 Å². The van der Waals surface area contributed by atoms with Gasteiger partial charge in [-0.1, -0.05) is 55.3 Å². The maximum Gasteiger partial charge on any atom is 0.261 e. The van der Waals surface area contributed by atoms with Gasteiger partial charge >= 0.3 is 0 Å². The molecule has 0 aromatic heterocycles. The van der Waals surface area contributed by atoms with Gasteiger partial charge in [-0.15, -0.1) is 0 Å². The molecule has 31 heavy (non-hydrogen) atoms. The molecule has 2 aromatic rings. The largest absolute Gasteiger partial charge is 0.484 e. The van der Waals surface area contributed by atoms with Gasteiger partial charge in [-0.2, -0.15) is 0 Å². The van der Waals surface area contributed by atoms with Gasteiger partial charge in [0.05, 0.1) is 0 Å². The summed E-state index contributed by atoms with van der Waals surface area (Å²) in [7, 11) is 0. The highest BCUT2D eigenvalue weighted by Crippen LogP contribution is 2.26. The Morgan fingerprint density at radius 1 is 1.10 bits per heavy atom. The van der Waals surface area contributed by atoms with Crippen molar-refractivity contribution in [2.45, 2.75) is 60.0 Å². The van der Waals surface area contributed by atoms with Gasteiger partial charge in [0, 0.05) is 18.1 Å². The molecule has 1 N–H and O–H groups in total. The standard InChI is InChI=1S/C25H33ClN2O3/c1-6-11-27-25(30)22(7-2)28(15-20-10-8-9-17(3)12-20)23(29)16-31-21-13-18(4)24(26)19(5)14-21/h8-10,12-14,22H,6-7,11,15-16H2,1-5H3,(H,27,30)/t22-/m1/s1. The number of halogens is 1. The number of carbonyl (C=O) groups is 2. The summed E-state index contributed by atoms with van der Waals surface area (Å²) >= 11 is 6.23. The molecule has 0 aliphatic heterocycles. The van der Waals surface area contributed by atoms with Gasteiger partial charge in [-0.3, -0.25) is 9.59 Å². The van der Waals surface area contributed by atoms with E-state index in [0.29, 0.717) is 30.3 Å². The van der Waals surface area contributed by atoms with E-state index in [0.717, 1.165) is 28.7 Å². The fourth-order valence-electron chi connectivity index (χ4n) is 3.51. The number of ether oxygens (including phenoxy) is 1. The summed E-state index contributed by atoms with van der Waals surface area (Å²) in [6.45, 7) is 10.5.